The number of likely N-dealkylation sites (N-methyl/N-ethyl adjacent to an activating group) is 1. The first-order valence-corrected chi connectivity index (χ1v) is 15.3. The molecule has 2 aliphatic carbocycles. The highest BCUT2D eigenvalue weighted by Gasteiger charge is 2.48. The molecular formula is C30H40N6O5. The fraction of sp³-hybridized carbons (Fsp3) is 0.700. The summed E-state index contributed by atoms with van der Waals surface area (Å²) in [7, 11) is 3.88. The molecule has 0 N–H and O–H groups in total. The van der Waals surface area contributed by atoms with Crippen LogP contribution >= 0.6 is 0 Å². The van der Waals surface area contributed by atoms with E-state index in [-0.39, 0.29) is 29.7 Å². The number of ketones is 1. The summed E-state index contributed by atoms with van der Waals surface area (Å²) in [6.07, 6.45) is 8.52. The first kappa shape index (κ1) is 26.8. The molecule has 2 aliphatic heterocycles. The lowest BCUT2D eigenvalue weighted by Gasteiger charge is -2.37. The standard InChI is InChI=1S/C30H40N6O5/c1-17-10-11-21(34(17)3)18(2)40-28-23-27(36(29(38)35(23)4)19-12-15-39-16-19)31-26(32-28)24-20-8-7-14-30(25(20)33-41-24)13-6-5-9-22(30)37/h17-19,21H,5-16H2,1-4H3/t17-,18-,19+,21-,30+/m0/s1. The van der Waals surface area contributed by atoms with Gasteiger partial charge in [-0.25, -0.2) is 9.78 Å². The molecule has 41 heavy (non-hydrogen) atoms. The average Bonchev–Trinajstić information content (AvgIpc) is 3.75. The Bertz CT molecular complexity index is 1550. The Morgan fingerprint density at radius 3 is 2.61 bits per heavy atom. The molecule has 220 valence electrons. The third kappa shape index (κ3) is 4.10. The quantitative estimate of drug-likeness (QED) is 0.457. The van der Waals surface area contributed by atoms with E-state index >= 15 is 0 Å². The van der Waals surface area contributed by atoms with Crippen LogP contribution in [0.25, 0.3) is 22.7 Å². The largest absolute Gasteiger partial charge is 0.471 e. The van der Waals surface area contributed by atoms with E-state index in [4.69, 9.17) is 24.0 Å². The molecule has 4 aliphatic rings. The first-order valence-electron chi connectivity index (χ1n) is 15.3. The monoisotopic (exact) mass is 564 g/mol. The molecule has 1 spiro atoms. The Hall–Kier alpha value is -3.05. The predicted molar refractivity (Wildman–Crippen MR) is 151 cm³/mol. The van der Waals surface area contributed by atoms with Crippen molar-refractivity contribution in [3.05, 3.63) is 21.7 Å². The first-order chi connectivity index (χ1) is 19.8. The lowest BCUT2D eigenvalue weighted by atomic mass is 9.64. The van der Waals surface area contributed by atoms with E-state index in [9.17, 15) is 9.59 Å². The van der Waals surface area contributed by atoms with Crippen molar-refractivity contribution in [1.29, 1.82) is 0 Å². The van der Waals surface area contributed by atoms with Crippen molar-refractivity contribution >= 4 is 16.9 Å². The molecule has 7 rings (SSSR count). The van der Waals surface area contributed by atoms with Crippen molar-refractivity contribution in [3.8, 4) is 17.5 Å². The maximum atomic E-state index is 13.6. The number of hydrogen-bond donors (Lipinski definition) is 0. The van der Waals surface area contributed by atoms with Gasteiger partial charge in [0, 0.05) is 37.7 Å². The molecule has 11 nitrogen and oxygen atoms in total. The highest BCUT2D eigenvalue weighted by molar-refractivity contribution is 5.91. The Balaban J connectivity index is 1.38. The molecule has 3 fully saturated rings. The van der Waals surface area contributed by atoms with Gasteiger partial charge >= 0.3 is 5.69 Å². The SMILES string of the molecule is C[C@H](Oc1nc(-c2onc3c2CCC[C@@]32CCCCC2=O)nc2c1n(C)c(=O)n2[C@@H]1CCOC1)[C@@H]1CC[C@H](C)N1C. The van der Waals surface area contributed by atoms with Gasteiger partial charge in [0.1, 0.15) is 17.6 Å². The average molecular weight is 565 g/mol. The fourth-order valence-corrected chi connectivity index (χ4v) is 7.82. The van der Waals surface area contributed by atoms with E-state index in [0.717, 1.165) is 69.0 Å². The highest BCUT2D eigenvalue weighted by Crippen LogP contribution is 2.47. The number of hydrogen-bond acceptors (Lipinski definition) is 9. The van der Waals surface area contributed by atoms with Crippen molar-refractivity contribution in [2.45, 2.75) is 108 Å². The number of carbonyl (C=O) groups excluding carboxylic acids is 1. The van der Waals surface area contributed by atoms with Crippen LogP contribution in [0.5, 0.6) is 5.88 Å². The number of ether oxygens (including phenoxy) is 2. The lowest BCUT2D eigenvalue weighted by molar-refractivity contribution is -0.127. The summed E-state index contributed by atoms with van der Waals surface area (Å²) in [4.78, 5) is 39.1. The Morgan fingerprint density at radius 1 is 1.05 bits per heavy atom. The van der Waals surface area contributed by atoms with Gasteiger partial charge < -0.3 is 14.0 Å². The highest BCUT2D eigenvalue weighted by atomic mass is 16.5. The number of rotatable bonds is 5. The van der Waals surface area contributed by atoms with Crippen LogP contribution in [-0.4, -0.2) is 73.4 Å². The molecule has 11 heteroatoms. The van der Waals surface area contributed by atoms with E-state index in [1.807, 2.05) is 0 Å². The third-order valence-corrected chi connectivity index (χ3v) is 10.4. The Kier molecular flexibility index (Phi) is 6.57. The number of aromatic nitrogens is 5. The van der Waals surface area contributed by atoms with Gasteiger partial charge in [-0.1, -0.05) is 11.6 Å². The number of likely N-dealkylation sites (tertiary alicyclic amines) is 1. The van der Waals surface area contributed by atoms with Gasteiger partial charge in [0.25, 0.3) is 0 Å². The number of aryl methyl sites for hydroxylation is 1. The van der Waals surface area contributed by atoms with Crippen LogP contribution in [0.4, 0.5) is 0 Å². The normalized spacial score (nSPS) is 29.5. The van der Waals surface area contributed by atoms with Gasteiger partial charge in [-0.3, -0.25) is 18.8 Å². The second kappa shape index (κ2) is 10.0. The van der Waals surface area contributed by atoms with Crippen LogP contribution in [0, 0.1) is 0 Å². The van der Waals surface area contributed by atoms with Gasteiger partial charge in [0.2, 0.25) is 17.5 Å². The van der Waals surface area contributed by atoms with Gasteiger partial charge in [-0.15, -0.1) is 0 Å². The molecule has 5 heterocycles. The van der Waals surface area contributed by atoms with E-state index in [0.29, 0.717) is 54.3 Å². The van der Waals surface area contributed by atoms with Crippen LogP contribution in [0.1, 0.15) is 88.9 Å². The van der Waals surface area contributed by atoms with E-state index in [2.05, 4.69) is 31.0 Å². The topological polar surface area (TPSA) is 118 Å². The minimum Gasteiger partial charge on any atom is -0.471 e. The molecule has 0 unspecified atom stereocenters. The Labute approximate surface area is 239 Å². The number of Topliss-reactive ketones (excluding diaryl/α,β-unsaturated/α-hetero) is 1. The van der Waals surface area contributed by atoms with E-state index < -0.39 is 5.41 Å². The van der Waals surface area contributed by atoms with Gasteiger partial charge in [0.05, 0.1) is 18.1 Å². The molecule has 0 radical (unpaired) electrons. The van der Waals surface area contributed by atoms with E-state index in [1.54, 1.807) is 16.2 Å². The van der Waals surface area contributed by atoms with Crippen molar-refractivity contribution in [1.82, 2.24) is 29.2 Å². The third-order valence-electron chi connectivity index (χ3n) is 10.4. The van der Waals surface area contributed by atoms with Crippen molar-refractivity contribution in [2.24, 2.45) is 7.05 Å². The van der Waals surface area contributed by atoms with Crippen molar-refractivity contribution in [2.75, 3.05) is 20.3 Å². The number of nitrogens with zero attached hydrogens (tertiary/aromatic N) is 6. The summed E-state index contributed by atoms with van der Waals surface area (Å²) in [5, 5.41) is 4.52. The summed E-state index contributed by atoms with van der Waals surface area (Å²) in [6, 6.07) is 0.596. The maximum Gasteiger partial charge on any atom is 0.330 e. The maximum absolute atomic E-state index is 13.6. The minimum absolute atomic E-state index is 0.118. The minimum atomic E-state index is -0.564. The lowest BCUT2D eigenvalue weighted by Crippen LogP contribution is -2.41. The second-order valence-corrected chi connectivity index (χ2v) is 12.6. The van der Waals surface area contributed by atoms with Gasteiger partial charge in [0.15, 0.2) is 11.2 Å². The van der Waals surface area contributed by atoms with Crippen LogP contribution in [0.15, 0.2) is 9.32 Å². The summed E-state index contributed by atoms with van der Waals surface area (Å²) in [5.41, 5.74) is 2.03. The van der Waals surface area contributed by atoms with Crippen LogP contribution in [0.2, 0.25) is 0 Å². The fourth-order valence-electron chi connectivity index (χ4n) is 7.82. The summed E-state index contributed by atoms with van der Waals surface area (Å²) in [5.74, 6) is 1.47. The van der Waals surface area contributed by atoms with Crippen molar-refractivity contribution in [3.63, 3.8) is 0 Å². The smallest absolute Gasteiger partial charge is 0.330 e. The summed E-state index contributed by atoms with van der Waals surface area (Å²) < 4.78 is 21.6. The summed E-state index contributed by atoms with van der Waals surface area (Å²) in [6.45, 7) is 5.36. The molecule has 5 atom stereocenters. The molecule has 3 aromatic rings. The Morgan fingerprint density at radius 2 is 1.88 bits per heavy atom. The zero-order chi connectivity index (χ0) is 28.5. The molecule has 2 saturated heterocycles. The molecule has 3 aromatic heterocycles. The van der Waals surface area contributed by atoms with Gasteiger partial charge in [-0.2, -0.15) is 4.98 Å². The zero-order valence-corrected chi connectivity index (χ0v) is 24.5. The second-order valence-electron chi connectivity index (χ2n) is 12.6. The van der Waals surface area contributed by atoms with Crippen LogP contribution in [0.3, 0.4) is 0 Å². The predicted octanol–water partition coefficient (Wildman–Crippen LogP) is 3.71. The number of carbonyl (C=O) groups is 1. The van der Waals surface area contributed by atoms with Gasteiger partial charge in [-0.05, 0) is 72.3 Å². The molecule has 1 saturated carbocycles. The van der Waals surface area contributed by atoms with Crippen LogP contribution in [-0.2, 0) is 28.4 Å². The number of imidazole rings is 1. The summed E-state index contributed by atoms with van der Waals surface area (Å²) >= 11 is 0. The number of fused-ring (bicyclic) bond motifs is 3. The molecule has 0 bridgehead atoms. The van der Waals surface area contributed by atoms with Crippen LogP contribution < -0.4 is 10.4 Å². The zero-order valence-electron chi connectivity index (χ0n) is 24.5. The molecule has 0 amide bonds. The van der Waals surface area contributed by atoms with E-state index in [1.165, 1.54) is 0 Å². The van der Waals surface area contributed by atoms with Crippen molar-refractivity contribution < 1.29 is 18.8 Å². The molecular weight excluding hydrogens is 524 g/mol. The molecule has 0 aromatic carbocycles.